The van der Waals surface area contributed by atoms with Crippen LogP contribution in [0.4, 0.5) is 0 Å². The molecule has 3 unspecified atom stereocenters. The molecule has 0 aromatic rings. The zero-order chi connectivity index (χ0) is 13.8. The average molecular weight is 271 g/mol. The second kappa shape index (κ2) is 6.65. The number of nitrogens with two attached hydrogens (primary N) is 1. The van der Waals surface area contributed by atoms with Crippen LogP contribution in [0.3, 0.4) is 0 Å². The molecule has 110 valence electrons. The first-order valence-corrected chi connectivity index (χ1v) is 7.07. The van der Waals surface area contributed by atoms with E-state index in [1.54, 1.807) is 0 Å². The lowest BCUT2D eigenvalue weighted by Gasteiger charge is -2.39. The first-order chi connectivity index (χ1) is 9.09. The number of ether oxygens (including phenoxy) is 2. The molecule has 0 aliphatic carbocycles. The van der Waals surface area contributed by atoms with Crippen LogP contribution >= 0.6 is 0 Å². The molecule has 19 heavy (non-hydrogen) atoms. The van der Waals surface area contributed by atoms with Gasteiger partial charge >= 0.3 is 0 Å². The Morgan fingerprint density at radius 1 is 1.21 bits per heavy atom. The van der Waals surface area contributed by atoms with Crippen LogP contribution < -0.4 is 5.73 Å². The van der Waals surface area contributed by atoms with Crippen molar-refractivity contribution < 1.29 is 14.3 Å². The normalized spacial score (nSPS) is 29.0. The summed E-state index contributed by atoms with van der Waals surface area (Å²) >= 11 is 0. The zero-order valence-corrected chi connectivity index (χ0v) is 11.9. The third-order valence-corrected chi connectivity index (χ3v) is 3.94. The number of nitrogens with zero attached hydrogens (tertiary/aromatic N) is 2. The maximum absolute atomic E-state index is 12.4. The first-order valence-electron chi connectivity index (χ1n) is 7.07. The van der Waals surface area contributed by atoms with Crippen molar-refractivity contribution in [2.24, 2.45) is 5.73 Å². The van der Waals surface area contributed by atoms with Crippen LogP contribution in [-0.4, -0.2) is 79.9 Å². The average Bonchev–Trinajstić information content (AvgIpc) is 2.46. The molecule has 2 N–H and O–H groups in total. The van der Waals surface area contributed by atoms with Crippen molar-refractivity contribution in [1.29, 1.82) is 0 Å². The summed E-state index contributed by atoms with van der Waals surface area (Å²) in [5, 5.41) is 0. The lowest BCUT2D eigenvalue weighted by atomic mass is 10.1. The van der Waals surface area contributed by atoms with E-state index in [4.69, 9.17) is 15.2 Å². The van der Waals surface area contributed by atoms with Gasteiger partial charge in [0.2, 0.25) is 5.91 Å². The molecule has 6 heteroatoms. The van der Waals surface area contributed by atoms with Crippen molar-refractivity contribution >= 4 is 5.91 Å². The molecular weight excluding hydrogens is 246 g/mol. The molecule has 3 atom stereocenters. The van der Waals surface area contributed by atoms with E-state index in [9.17, 15) is 4.79 Å². The maximum Gasteiger partial charge on any atom is 0.239 e. The summed E-state index contributed by atoms with van der Waals surface area (Å²) in [5.41, 5.74) is 5.88. The molecule has 1 amide bonds. The van der Waals surface area contributed by atoms with Gasteiger partial charge in [0.15, 0.2) is 0 Å². The molecule has 0 aromatic heterocycles. The van der Waals surface area contributed by atoms with Crippen LogP contribution in [0.15, 0.2) is 0 Å². The molecule has 6 nitrogen and oxygen atoms in total. The molecule has 0 saturated carbocycles. The summed E-state index contributed by atoms with van der Waals surface area (Å²) in [6.07, 6.45) is 0.0219. The first kappa shape index (κ1) is 14.7. The zero-order valence-electron chi connectivity index (χ0n) is 11.9. The van der Waals surface area contributed by atoms with Gasteiger partial charge in [0.05, 0.1) is 32.0 Å². The van der Waals surface area contributed by atoms with Gasteiger partial charge in [-0.15, -0.1) is 0 Å². The van der Waals surface area contributed by atoms with E-state index in [1.807, 2.05) is 18.7 Å². The number of hydrogen-bond acceptors (Lipinski definition) is 5. The van der Waals surface area contributed by atoms with Gasteiger partial charge in [-0.05, 0) is 13.8 Å². The number of hydrogen-bond donors (Lipinski definition) is 1. The highest BCUT2D eigenvalue weighted by molar-refractivity contribution is 5.81. The maximum atomic E-state index is 12.4. The van der Waals surface area contributed by atoms with E-state index in [-0.39, 0.29) is 24.1 Å². The Bertz CT molecular complexity index is 306. The minimum atomic E-state index is -0.108. The summed E-state index contributed by atoms with van der Waals surface area (Å²) in [6, 6.07) is -0.114. The fourth-order valence-corrected chi connectivity index (χ4v) is 2.57. The highest BCUT2D eigenvalue weighted by Gasteiger charge is 2.32. The van der Waals surface area contributed by atoms with Crippen molar-refractivity contribution in [2.75, 3.05) is 46.0 Å². The number of rotatable bonds is 3. The van der Waals surface area contributed by atoms with Crippen molar-refractivity contribution in [3.8, 4) is 0 Å². The van der Waals surface area contributed by atoms with Gasteiger partial charge in [0.1, 0.15) is 0 Å². The molecule has 0 spiro atoms. The molecule has 2 aliphatic rings. The van der Waals surface area contributed by atoms with Gasteiger partial charge in [-0.1, -0.05) is 0 Å². The fraction of sp³-hybridized carbons (Fsp3) is 0.923. The van der Waals surface area contributed by atoms with Crippen LogP contribution in [0, 0.1) is 0 Å². The molecule has 2 fully saturated rings. The minimum Gasteiger partial charge on any atom is -0.378 e. The lowest BCUT2D eigenvalue weighted by Crippen LogP contribution is -2.57. The quantitative estimate of drug-likeness (QED) is 0.734. The van der Waals surface area contributed by atoms with Crippen molar-refractivity contribution in [1.82, 2.24) is 9.80 Å². The third-order valence-electron chi connectivity index (χ3n) is 3.94. The predicted molar refractivity (Wildman–Crippen MR) is 71.8 cm³/mol. The topological polar surface area (TPSA) is 68.0 Å². The second-order valence-electron chi connectivity index (χ2n) is 5.38. The summed E-state index contributed by atoms with van der Waals surface area (Å²) < 4.78 is 10.9. The number of morpholine rings is 2. The van der Waals surface area contributed by atoms with E-state index in [1.165, 1.54) is 0 Å². The Morgan fingerprint density at radius 2 is 1.89 bits per heavy atom. The molecular formula is C13H25N3O3. The Hall–Kier alpha value is -0.690. The van der Waals surface area contributed by atoms with Gasteiger partial charge < -0.3 is 20.1 Å². The van der Waals surface area contributed by atoms with E-state index in [2.05, 4.69) is 4.90 Å². The number of carbonyl (C=O) groups is 1. The summed E-state index contributed by atoms with van der Waals surface area (Å²) in [4.78, 5) is 16.5. The van der Waals surface area contributed by atoms with Crippen molar-refractivity contribution in [3.63, 3.8) is 0 Å². The standard InChI is InChI=1S/C13H25N3O3/c1-10(14)12-9-16(5-8-19-12)11(2)13(17)15-3-6-18-7-4-15/h10-12H,3-9,14H2,1-2H3. The molecule has 0 radical (unpaired) electrons. The molecule has 2 rings (SSSR count). The largest absolute Gasteiger partial charge is 0.378 e. The SMILES string of the molecule is CC(N)C1CN(C(C)C(=O)N2CCOCC2)CCO1. The van der Waals surface area contributed by atoms with Crippen LogP contribution in [0.5, 0.6) is 0 Å². The number of amides is 1. The van der Waals surface area contributed by atoms with Crippen molar-refractivity contribution in [3.05, 3.63) is 0 Å². The van der Waals surface area contributed by atoms with Crippen LogP contribution in [-0.2, 0) is 14.3 Å². The van der Waals surface area contributed by atoms with Crippen LogP contribution in [0.1, 0.15) is 13.8 Å². The summed E-state index contributed by atoms with van der Waals surface area (Å²) in [7, 11) is 0. The molecule has 2 saturated heterocycles. The predicted octanol–water partition coefficient (Wildman–Crippen LogP) is -0.718. The smallest absolute Gasteiger partial charge is 0.239 e. The highest BCUT2D eigenvalue weighted by Crippen LogP contribution is 2.13. The van der Waals surface area contributed by atoms with E-state index >= 15 is 0 Å². The fourth-order valence-electron chi connectivity index (χ4n) is 2.57. The van der Waals surface area contributed by atoms with Crippen LogP contribution in [0.25, 0.3) is 0 Å². The summed E-state index contributed by atoms with van der Waals surface area (Å²) in [5.74, 6) is 0.189. The second-order valence-corrected chi connectivity index (χ2v) is 5.38. The highest BCUT2D eigenvalue weighted by atomic mass is 16.5. The van der Waals surface area contributed by atoms with Gasteiger partial charge in [-0.3, -0.25) is 9.69 Å². The van der Waals surface area contributed by atoms with Gasteiger partial charge in [0, 0.05) is 32.2 Å². The van der Waals surface area contributed by atoms with Crippen molar-refractivity contribution in [2.45, 2.75) is 32.0 Å². The summed E-state index contributed by atoms with van der Waals surface area (Å²) in [6.45, 7) is 8.77. The van der Waals surface area contributed by atoms with Gasteiger partial charge in [-0.2, -0.15) is 0 Å². The monoisotopic (exact) mass is 271 g/mol. The molecule has 0 bridgehead atoms. The van der Waals surface area contributed by atoms with Crippen LogP contribution in [0.2, 0.25) is 0 Å². The lowest BCUT2D eigenvalue weighted by molar-refractivity contribution is -0.143. The Kier molecular flexibility index (Phi) is 5.15. The molecule has 2 aliphatic heterocycles. The Balaban J connectivity index is 1.90. The molecule has 2 heterocycles. The van der Waals surface area contributed by atoms with E-state index < -0.39 is 0 Å². The van der Waals surface area contributed by atoms with Gasteiger partial charge in [-0.25, -0.2) is 0 Å². The third kappa shape index (κ3) is 3.66. The van der Waals surface area contributed by atoms with E-state index in [0.717, 1.165) is 13.1 Å². The minimum absolute atomic E-state index is 0.00603. The van der Waals surface area contributed by atoms with Gasteiger partial charge in [0.25, 0.3) is 0 Å². The number of carbonyl (C=O) groups excluding carboxylic acids is 1. The van der Waals surface area contributed by atoms with E-state index in [0.29, 0.717) is 32.9 Å². The molecule has 0 aromatic carbocycles. The Morgan fingerprint density at radius 3 is 2.53 bits per heavy atom. The Labute approximate surface area is 114 Å².